The van der Waals surface area contributed by atoms with Gasteiger partial charge in [-0.1, -0.05) is 18.0 Å². The maximum Gasteiger partial charge on any atom is 0.251 e. The normalized spacial score (nSPS) is 23.1. The Morgan fingerprint density at radius 3 is 2.89 bits per heavy atom. The van der Waals surface area contributed by atoms with Crippen LogP contribution in [0.4, 0.5) is 0 Å². The van der Waals surface area contributed by atoms with Gasteiger partial charge in [-0.25, -0.2) is 0 Å². The topological polar surface area (TPSA) is 49.3 Å². The van der Waals surface area contributed by atoms with E-state index in [4.69, 9.17) is 11.6 Å². The molecule has 0 spiro atoms. The van der Waals surface area contributed by atoms with Gasteiger partial charge in [0.2, 0.25) is 0 Å². The van der Waals surface area contributed by atoms with Crippen LogP contribution in [0.15, 0.2) is 22.7 Å². The SMILES string of the molecule is O=C(NCC1CCCC1O)c1ccc(Br)c(Cl)c1. The van der Waals surface area contributed by atoms with E-state index in [2.05, 4.69) is 21.2 Å². The van der Waals surface area contributed by atoms with Crippen molar-refractivity contribution in [1.82, 2.24) is 5.32 Å². The van der Waals surface area contributed by atoms with Crippen molar-refractivity contribution in [2.45, 2.75) is 25.4 Å². The van der Waals surface area contributed by atoms with Crippen molar-refractivity contribution >= 4 is 33.4 Å². The number of carbonyl (C=O) groups is 1. The molecular formula is C13H15BrClNO2. The molecule has 2 unspecified atom stereocenters. The van der Waals surface area contributed by atoms with E-state index in [0.29, 0.717) is 17.1 Å². The zero-order chi connectivity index (χ0) is 13.1. The van der Waals surface area contributed by atoms with Crippen molar-refractivity contribution in [3.63, 3.8) is 0 Å². The maximum absolute atomic E-state index is 11.9. The first kappa shape index (κ1) is 13.8. The molecular weight excluding hydrogens is 318 g/mol. The zero-order valence-corrected chi connectivity index (χ0v) is 12.2. The highest BCUT2D eigenvalue weighted by Crippen LogP contribution is 2.25. The number of benzene rings is 1. The molecule has 2 N–H and O–H groups in total. The van der Waals surface area contributed by atoms with Gasteiger partial charge >= 0.3 is 0 Å². The molecule has 1 fully saturated rings. The van der Waals surface area contributed by atoms with Crippen LogP contribution in [0.3, 0.4) is 0 Å². The van der Waals surface area contributed by atoms with Crippen molar-refractivity contribution in [2.24, 2.45) is 5.92 Å². The van der Waals surface area contributed by atoms with Gasteiger partial charge in [0.25, 0.3) is 5.91 Å². The van der Waals surface area contributed by atoms with Crippen molar-refractivity contribution in [3.05, 3.63) is 33.3 Å². The molecule has 0 bridgehead atoms. The number of aliphatic hydroxyl groups excluding tert-OH is 1. The second-order valence-corrected chi connectivity index (χ2v) is 5.86. The predicted octanol–water partition coefficient (Wildman–Crippen LogP) is 2.99. The number of hydrogen-bond acceptors (Lipinski definition) is 2. The van der Waals surface area contributed by atoms with Gasteiger partial charge in [0.15, 0.2) is 0 Å². The fourth-order valence-corrected chi connectivity index (χ4v) is 2.65. The van der Waals surface area contributed by atoms with Gasteiger partial charge in [-0.3, -0.25) is 4.79 Å². The van der Waals surface area contributed by atoms with Crippen molar-refractivity contribution in [3.8, 4) is 0 Å². The number of hydrogen-bond donors (Lipinski definition) is 2. The molecule has 18 heavy (non-hydrogen) atoms. The lowest BCUT2D eigenvalue weighted by Gasteiger charge is -2.15. The molecule has 0 saturated heterocycles. The van der Waals surface area contributed by atoms with Gasteiger partial charge in [0.1, 0.15) is 0 Å². The molecule has 0 aliphatic heterocycles. The Bertz CT molecular complexity index is 453. The van der Waals surface area contributed by atoms with Gasteiger partial charge in [0, 0.05) is 22.5 Å². The van der Waals surface area contributed by atoms with E-state index < -0.39 is 0 Å². The first-order valence-electron chi connectivity index (χ1n) is 5.99. The van der Waals surface area contributed by atoms with Crippen LogP contribution < -0.4 is 5.32 Å². The molecule has 1 aromatic rings. The second-order valence-electron chi connectivity index (χ2n) is 4.60. The Labute approximate surface area is 120 Å². The van der Waals surface area contributed by atoms with E-state index in [0.717, 1.165) is 23.7 Å². The minimum absolute atomic E-state index is 0.150. The van der Waals surface area contributed by atoms with Crippen molar-refractivity contribution in [2.75, 3.05) is 6.54 Å². The standard InChI is InChI=1S/C13H15BrClNO2/c14-10-5-4-8(6-11(10)15)13(18)16-7-9-2-1-3-12(9)17/h4-6,9,12,17H,1-3,7H2,(H,16,18). The maximum atomic E-state index is 11.9. The lowest BCUT2D eigenvalue weighted by Crippen LogP contribution is -2.32. The summed E-state index contributed by atoms with van der Waals surface area (Å²) in [5, 5.41) is 13.0. The predicted molar refractivity (Wildman–Crippen MR) is 74.8 cm³/mol. The van der Waals surface area contributed by atoms with Crippen LogP contribution in [0.25, 0.3) is 0 Å². The smallest absolute Gasteiger partial charge is 0.251 e. The molecule has 2 atom stereocenters. The minimum Gasteiger partial charge on any atom is -0.393 e. The summed E-state index contributed by atoms with van der Waals surface area (Å²) in [7, 11) is 0. The van der Waals surface area contributed by atoms with Crippen molar-refractivity contribution in [1.29, 1.82) is 0 Å². The first-order valence-corrected chi connectivity index (χ1v) is 7.16. The molecule has 0 heterocycles. The molecule has 3 nitrogen and oxygen atoms in total. The third kappa shape index (κ3) is 3.25. The molecule has 0 radical (unpaired) electrons. The molecule has 2 rings (SSSR count). The molecule has 1 aromatic carbocycles. The van der Waals surface area contributed by atoms with Crippen LogP contribution in [-0.2, 0) is 0 Å². The van der Waals surface area contributed by atoms with Gasteiger partial charge < -0.3 is 10.4 Å². The van der Waals surface area contributed by atoms with Crippen LogP contribution in [-0.4, -0.2) is 23.7 Å². The molecule has 0 aromatic heterocycles. The van der Waals surface area contributed by atoms with Crippen molar-refractivity contribution < 1.29 is 9.90 Å². The second kappa shape index (κ2) is 6.04. The number of amides is 1. The number of aliphatic hydroxyl groups is 1. The van der Waals surface area contributed by atoms with Gasteiger partial charge in [0.05, 0.1) is 11.1 Å². The van der Waals surface area contributed by atoms with Gasteiger partial charge in [-0.15, -0.1) is 0 Å². The number of carbonyl (C=O) groups excluding carboxylic acids is 1. The summed E-state index contributed by atoms with van der Waals surface area (Å²) in [6, 6.07) is 5.10. The average molecular weight is 333 g/mol. The summed E-state index contributed by atoms with van der Waals surface area (Å²) in [5.41, 5.74) is 0.538. The Morgan fingerprint density at radius 2 is 2.28 bits per heavy atom. The van der Waals surface area contributed by atoms with Crippen LogP contribution in [0, 0.1) is 5.92 Å². The Kier molecular flexibility index (Phi) is 4.65. The molecule has 1 amide bonds. The lowest BCUT2D eigenvalue weighted by atomic mass is 10.1. The Morgan fingerprint density at radius 1 is 1.50 bits per heavy atom. The highest BCUT2D eigenvalue weighted by atomic mass is 79.9. The summed E-state index contributed by atoms with van der Waals surface area (Å²) in [5.74, 6) is 0.0309. The van der Waals surface area contributed by atoms with Gasteiger partial charge in [-0.05, 0) is 47.0 Å². The lowest BCUT2D eigenvalue weighted by molar-refractivity contribution is 0.0917. The Balaban J connectivity index is 1.93. The van der Waals surface area contributed by atoms with E-state index in [9.17, 15) is 9.90 Å². The first-order chi connectivity index (χ1) is 8.58. The van der Waals surface area contributed by atoms with E-state index in [1.165, 1.54) is 0 Å². The molecule has 1 saturated carbocycles. The van der Waals surface area contributed by atoms with Crippen LogP contribution in [0.5, 0.6) is 0 Å². The van der Waals surface area contributed by atoms with E-state index >= 15 is 0 Å². The third-order valence-electron chi connectivity index (χ3n) is 3.33. The summed E-state index contributed by atoms with van der Waals surface area (Å²) in [6.07, 6.45) is 2.57. The monoisotopic (exact) mass is 331 g/mol. The minimum atomic E-state index is -0.279. The third-order valence-corrected chi connectivity index (χ3v) is 4.56. The quantitative estimate of drug-likeness (QED) is 0.894. The average Bonchev–Trinajstić information content (AvgIpc) is 2.75. The summed E-state index contributed by atoms with van der Waals surface area (Å²) in [4.78, 5) is 11.9. The fourth-order valence-electron chi connectivity index (χ4n) is 2.22. The highest BCUT2D eigenvalue weighted by Gasteiger charge is 2.25. The summed E-state index contributed by atoms with van der Waals surface area (Å²) in [6.45, 7) is 0.522. The van der Waals surface area contributed by atoms with Crippen LogP contribution >= 0.6 is 27.5 Å². The fraction of sp³-hybridized carbons (Fsp3) is 0.462. The summed E-state index contributed by atoms with van der Waals surface area (Å²) < 4.78 is 0.770. The number of nitrogens with one attached hydrogen (secondary N) is 1. The van der Waals surface area contributed by atoms with E-state index in [1.54, 1.807) is 18.2 Å². The Hall–Kier alpha value is -0.580. The number of rotatable bonds is 3. The zero-order valence-electron chi connectivity index (χ0n) is 9.83. The van der Waals surface area contributed by atoms with Gasteiger partial charge in [-0.2, -0.15) is 0 Å². The highest BCUT2D eigenvalue weighted by molar-refractivity contribution is 9.10. The molecule has 1 aliphatic rings. The largest absolute Gasteiger partial charge is 0.393 e. The number of halogens is 2. The van der Waals surface area contributed by atoms with E-state index in [-0.39, 0.29) is 17.9 Å². The molecule has 1 aliphatic carbocycles. The van der Waals surface area contributed by atoms with Crippen LogP contribution in [0.1, 0.15) is 29.6 Å². The molecule has 98 valence electrons. The van der Waals surface area contributed by atoms with Crippen LogP contribution in [0.2, 0.25) is 5.02 Å². The summed E-state index contributed by atoms with van der Waals surface area (Å²) >= 11 is 9.22. The van der Waals surface area contributed by atoms with E-state index in [1.807, 2.05) is 0 Å². The molecule has 5 heteroatoms.